The number of nitrogens with zero attached hydrogens (tertiary/aromatic N) is 2. The van der Waals surface area contributed by atoms with E-state index in [1.165, 1.54) is 12.1 Å². The van der Waals surface area contributed by atoms with E-state index in [4.69, 9.17) is 16.6 Å². The molecule has 6 heteroatoms. The zero-order chi connectivity index (χ0) is 15.4. The molecule has 2 rings (SSSR count). The standard InChI is InChI=1S/C15H13FN2OS2/c1-9(6-17-7-20)14(18-8-21)15-10(2)12-5-11(16)3-4-13(12)19-15/h3-5,9,14H,6H2,1-2H3/t9-,14-/m0/s1. The Hall–Kier alpha value is -1.71. The second kappa shape index (κ2) is 6.83. The highest BCUT2D eigenvalue weighted by molar-refractivity contribution is 7.78. The van der Waals surface area contributed by atoms with E-state index in [0.717, 1.165) is 10.9 Å². The SMILES string of the molecule is Cc1c([C@@H](N=C=S)[C@@H](C)CN=C=S)oc2ccc(F)cc12. The maximum atomic E-state index is 13.4. The normalized spacial score (nSPS) is 13.3. The summed E-state index contributed by atoms with van der Waals surface area (Å²) in [7, 11) is 0. The summed E-state index contributed by atoms with van der Waals surface area (Å²) in [4.78, 5) is 8.12. The lowest BCUT2D eigenvalue weighted by molar-refractivity contribution is 0.404. The zero-order valence-electron chi connectivity index (χ0n) is 11.6. The highest BCUT2D eigenvalue weighted by Gasteiger charge is 2.25. The summed E-state index contributed by atoms with van der Waals surface area (Å²) in [6.07, 6.45) is 0. The fourth-order valence-corrected chi connectivity index (χ4v) is 2.46. The van der Waals surface area contributed by atoms with Crippen LogP contribution in [0.4, 0.5) is 4.39 Å². The van der Waals surface area contributed by atoms with Crippen molar-refractivity contribution < 1.29 is 8.81 Å². The molecule has 0 radical (unpaired) electrons. The van der Waals surface area contributed by atoms with Gasteiger partial charge in [0.2, 0.25) is 0 Å². The summed E-state index contributed by atoms with van der Waals surface area (Å²) >= 11 is 9.30. The quantitative estimate of drug-likeness (QED) is 0.588. The molecule has 0 aliphatic carbocycles. The highest BCUT2D eigenvalue weighted by atomic mass is 32.1. The molecular formula is C15H13FN2OS2. The largest absolute Gasteiger partial charge is 0.458 e. The van der Waals surface area contributed by atoms with E-state index in [2.05, 4.69) is 32.5 Å². The van der Waals surface area contributed by atoms with Crippen molar-refractivity contribution in [2.45, 2.75) is 19.9 Å². The van der Waals surface area contributed by atoms with E-state index in [1.54, 1.807) is 6.07 Å². The number of fused-ring (bicyclic) bond motifs is 1. The smallest absolute Gasteiger partial charge is 0.134 e. The van der Waals surface area contributed by atoms with Gasteiger partial charge in [0, 0.05) is 16.9 Å². The molecule has 0 fully saturated rings. The Bertz CT molecular complexity index is 758. The number of hydrogen-bond donors (Lipinski definition) is 0. The van der Waals surface area contributed by atoms with Gasteiger partial charge in [0.15, 0.2) is 0 Å². The van der Waals surface area contributed by atoms with Crippen LogP contribution >= 0.6 is 24.4 Å². The molecular weight excluding hydrogens is 307 g/mol. The van der Waals surface area contributed by atoms with Crippen molar-refractivity contribution >= 4 is 45.7 Å². The molecule has 1 aromatic carbocycles. The summed E-state index contributed by atoms with van der Waals surface area (Å²) in [5.74, 6) is 0.367. The van der Waals surface area contributed by atoms with Crippen LogP contribution in [0.1, 0.15) is 24.3 Å². The third-order valence-electron chi connectivity index (χ3n) is 3.38. The number of aryl methyl sites for hydroxylation is 1. The third kappa shape index (κ3) is 3.31. The Morgan fingerprint density at radius 2 is 2.10 bits per heavy atom. The van der Waals surface area contributed by atoms with Gasteiger partial charge >= 0.3 is 0 Å². The predicted octanol–water partition coefficient (Wildman–Crippen LogP) is 4.76. The molecule has 1 heterocycles. The lowest BCUT2D eigenvalue weighted by atomic mass is 9.97. The first-order valence-corrected chi connectivity index (χ1v) is 7.19. The fraction of sp³-hybridized carbons (Fsp3) is 0.333. The lowest BCUT2D eigenvalue weighted by Crippen LogP contribution is -2.11. The van der Waals surface area contributed by atoms with E-state index in [9.17, 15) is 4.39 Å². The second-order valence-electron chi connectivity index (χ2n) is 4.81. The number of aliphatic imine (C=N–C) groups is 2. The topological polar surface area (TPSA) is 37.9 Å². The second-order valence-corrected chi connectivity index (χ2v) is 5.17. The van der Waals surface area contributed by atoms with Crippen LogP contribution in [0.15, 0.2) is 32.6 Å². The van der Waals surface area contributed by atoms with Crippen molar-refractivity contribution in [3.63, 3.8) is 0 Å². The summed E-state index contributed by atoms with van der Waals surface area (Å²) in [5, 5.41) is 5.46. The summed E-state index contributed by atoms with van der Waals surface area (Å²) in [6, 6.07) is 4.10. The minimum Gasteiger partial charge on any atom is -0.458 e. The van der Waals surface area contributed by atoms with Crippen molar-refractivity contribution in [2.75, 3.05) is 6.54 Å². The number of thiocarbonyl (C=S) groups is 2. The van der Waals surface area contributed by atoms with Crippen LogP contribution in [0.5, 0.6) is 0 Å². The Morgan fingerprint density at radius 3 is 2.76 bits per heavy atom. The van der Waals surface area contributed by atoms with Crippen molar-refractivity contribution in [2.24, 2.45) is 15.9 Å². The highest BCUT2D eigenvalue weighted by Crippen LogP contribution is 2.35. The van der Waals surface area contributed by atoms with Gasteiger partial charge < -0.3 is 4.42 Å². The van der Waals surface area contributed by atoms with E-state index >= 15 is 0 Å². The average molecular weight is 320 g/mol. The van der Waals surface area contributed by atoms with Crippen molar-refractivity contribution in [3.8, 4) is 0 Å². The Labute approximate surface area is 132 Å². The summed E-state index contributed by atoms with van der Waals surface area (Å²) in [6.45, 7) is 4.30. The molecule has 0 unspecified atom stereocenters. The van der Waals surface area contributed by atoms with Crippen LogP contribution < -0.4 is 0 Å². The van der Waals surface area contributed by atoms with Crippen LogP contribution in [0.25, 0.3) is 11.0 Å². The van der Waals surface area contributed by atoms with Gasteiger partial charge in [-0.05, 0) is 49.6 Å². The molecule has 0 bridgehead atoms. The van der Waals surface area contributed by atoms with Gasteiger partial charge in [-0.15, -0.1) is 0 Å². The van der Waals surface area contributed by atoms with Crippen LogP contribution in [-0.2, 0) is 0 Å². The molecule has 0 N–H and O–H groups in total. The van der Waals surface area contributed by atoms with Crippen LogP contribution in [-0.4, -0.2) is 16.9 Å². The van der Waals surface area contributed by atoms with E-state index in [-0.39, 0.29) is 17.8 Å². The molecule has 0 spiro atoms. The van der Waals surface area contributed by atoms with E-state index < -0.39 is 0 Å². The molecule has 1 aromatic heterocycles. The fourth-order valence-electron chi connectivity index (χ4n) is 2.28. The van der Waals surface area contributed by atoms with Gasteiger partial charge in [0.25, 0.3) is 0 Å². The Kier molecular flexibility index (Phi) is 5.10. The minimum absolute atomic E-state index is 0.0139. The Balaban J connectivity index is 2.52. The van der Waals surface area contributed by atoms with Crippen LogP contribution in [0.2, 0.25) is 0 Å². The van der Waals surface area contributed by atoms with Gasteiger partial charge in [-0.2, -0.15) is 0 Å². The maximum absolute atomic E-state index is 13.4. The number of rotatable bonds is 5. The predicted molar refractivity (Wildman–Crippen MR) is 87.7 cm³/mol. The molecule has 2 atom stereocenters. The molecule has 2 aromatic rings. The monoisotopic (exact) mass is 320 g/mol. The molecule has 0 aliphatic rings. The van der Waals surface area contributed by atoms with Gasteiger partial charge in [-0.1, -0.05) is 6.92 Å². The molecule has 0 amide bonds. The average Bonchev–Trinajstić information content (AvgIpc) is 2.79. The van der Waals surface area contributed by atoms with Crippen LogP contribution in [0.3, 0.4) is 0 Å². The molecule has 3 nitrogen and oxygen atoms in total. The molecule has 108 valence electrons. The maximum Gasteiger partial charge on any atom is 0.134 e. The third-order valence-corrected chi connectivity index (χ3v) is 3.61. The molecule has 0 saturated carbocycles. The molecule has 0 aliphatic heterocycles. The number of halogens is 1. The van der Waals surface area contributed by atoms with Crippen molar-refractivity contribution in [1.29, 1.82) is 0 Å². The number of hydrogen-bond acceptors (Lipinski definition) is 5. The zero-order valence-corrected chi connectivity index (χ0v) is 13.2. The van der Waals surface area contributed by atoms with Gasteiger partial charge in [0.1, 0.15) is 23.2 Å². The first-order valence-electron chi connectivity index (χ1n) is 6.37. The Morgan fingerprint density at radius 1 is 1.33 bits per heavy atom. The number of benzene rings is 1. The molecule has 0 saturated heterocycles. The van der Waals surface area contributed by atoms with Crippen LogP contribution in [0, 0.1) is 18.7 Å². The lowest BCUT2D eigenvalue weighted by Gasteiger charge is -2.15. The first kappa shape index (κ1) is 15.7. The minimum atomic E-state index is -0.329. The number of furan rings is 1. The number of isothiocyanates is 2. The van der Waals surface area contributed by atoms with E-state index in [1.807, 2.05) is 13.8 Å². The van der Waals surface area contributed by atoms with Crippen molar-refractivity contribution in [1.82, 2.24) is 0 Å². The van der Waals surface area contributed by atoms with Gasteiger partial charge in [-0.25, -0.2) is 14.4 Å². The van der Waals surface area contributed by atoms with Gasteiger partial charge in [0.05, 0.1) is 16.9 Å². The van der Waals surface area contributed by atoms with E-state index in [0.29, 0.717) is 17.9 Å². The first-order chi connectivity index (χ1) is 10.1. The molecule has 21 heavy (non-hydrogen) atoms. The van der Waals surface area contributed by atoms with Crippen molar-refractivity contribution in [3.05, 3.63) is 35.3 Å². The summed E-state index contributed by atoms with van der Waals surface area (Å²) < 4.78 is 19.2. The summed E-state index contributed by atoms with van der Waals surface area (Å²) in [5.41, 5.74) is 1.47. The van der Waals surface area contributed by atoms with Gasteiger partial charge in [-0.3, -0.25) is 0 Å².